The van der Waals surface area contributed by atoms with Crippen LogP contribution in [-0.4, -0.2) is 98.6 Å². The van der Waals surface area contributed by atoms with Crippen molar-refractivity contribution in [3.63, 3.8) is 0 Å². The molecule has 2 bridgehead atoms. The lowest BCUT2D eigenvalue weighted by molar-refractivity contribution is -0.169. The summed E-state index contributed by atoms with van der Waals surface area (Å²) in [4.78, 5) is 18.0. The molecule has 49 heavy (non-hydrogen) atoms. The molecule has 1 aromatic heterocycles. The molecule has 4 aliphatic rings. The van der Waals surface area contributed by atoms with Crippen LogP contribution in [0.4, 0.5) is 14.3 Å². The number of alkyl carbamates (subject to hydrolysis) is 1. The van der Waals surface area contributed by atoms with Gasteiger partial charge in [-0.25, -0.2) is 22.6 Å². The Kier molecular flexibility index (Phi) is 9.52. The number of aromatic nitrogens is 1. The van der Waals surface area contributed by atoms with E-state index in [-0.39, 0.29) is 35.4 Å². The highest BCUT2D eigenvalue weighted by molar-refractivity contribution is 7.89. The van der Waals surface area contributed by atoms with Crippen LogP contribution in [0.2, 0.25) is 0 Å². The van der Waals surface area contributed by atoms with Crippen molar-refractivity contribution in [3.05, 3.63) is 48.0 Å². The van der Waals surface area contributed by atoms with Gasteiger partial charge in [-0.05, 0) is 75.4 Å². The topological polar surface area (TPSA) is 149 Å². The van der Waals surface area contributed by atoms with Gasteiger partial charge in [0.05, 0.1) is 47.6 Å². The first kappa shape index (κ1) is 34.4. The molecule has 2 aliphatic carbocycles. The zero-order valence-corrected chi connectivity index (χ0v) is 29.3. The van der Waals surface area contributed by atoms with Gasteiger partial charge in [0.2, 0.25) is 10.0 Å². The maximum atomic E-state index is 15.2. The van der Waals surface area contributed by atoms with Crippen LogP contribution >= 0.6 is 11.3 Å². The summed E-state index contributed by atoms with van der Waals surface area (Å²) in [6, 6.07) is 11.2. The van der Waals surface area contributed by atoms with E-state index in [0.29, 0.717) is 35.2 Å². The molecular formula is C34H43FN4O8S2. The van der Waals surface area contributed by atoms with Gasteiger partial charge in [0.15, 0.2) is 11.4 Å². The van der Waals surface area contributed by atoms with E-state index in [9.17, 15) is 18.3 Å². The van der Waals surface area contributed by atoms with Gasteiger partial charge in [0.1, 0.15) is 17.5 Å². The minimum absolute atomic E-state index is 0.0251. The quantitative estimate of drug-likeness (QED) is 0.220. The van der Waals surface area contributed by atoms with Gasteiger partial charge in [-0.2, -0.15) is 4.31 Å². The predicted octanol–water partition coefficient (Wildman–Crippen LogP) is 4.32. The van der Waals surface area contributed by atoms with Crippen molar-refractivity contribution in [1.82, 2.24) is 14.6 Å². The molecule has 2 aliphatic heterocycles. The Bertz CT molecular complexity index is 1760. The molecule has 7 unspecified atom stereocenters. The van der Waals surface area contributed by atoms with E-state index < -0.39 is 53.1 Å². The number of thiazole rings is 1. The monoisotopic (exact) mass is 718 g/mol. The number of nitrogens with one attached hydrogen (secondary N) is 2. The Hall–Kier alpha value is -3.08. The normalized spacial score (nSPS) is 26.1. The first-order chi connectivity index (χ1) is 23.4. The molecule has 7 rings (SSSR count). The average Bonchev–Trinajstić information content (AvgIpc) is 3.51. The number of nitrogens with zero attached hydrogens (tertiary/aromatic N) is 2. The zero-order chi connectivity index (χ0) is 34.5. The molecule has 1 amide bonds. The predicted molar refractivity (Wildman–Crippen MR) is 181 cm³/mol. The fourth-order valence-corrected chi connectivity index (χ4v) is 9.83. The van der Waals surface area contributed by atoms with Gasteiger partial charge in [-0.1, -0.05) is 23.5 Å². The molecule has 3 N–H and O–H groups in total. The van der Waals surface area contributed by atoms with Crippen molar-refractivity contribution in [1.29, 1.82) is 0 Å². The van der Waals surface area contributed by atoms with Crippen molar-refractivity contribution >= 4 is 42.8 Å². The fraction of sp³-hybridized carbons (Fsp3) is 0.588. The molecule has 266 valence electrons. The largest absolute Gasteiger partial charge is 0.497 e. The number of rotatable bonds is 14. The summed E-state index contributed by atoms with van der Waals surface area (Å²) < 4.78 is 67.9. The van der Waals surface area contributed by atoms with Crippen LogP contribution < -0.4 is 15.4 Å². The molecule has 4 fully saturated rings. The summed E-state index contributed by atoms with van der Waals surface area (Å²) in [7, 11) is -2.74. The second-order valence-electron chi connectivity index (χ2n) is 14.2. The van der Waals surface area contributed by atoms with Crippen LogP contribution in [0.5, 0.6) is 5.75 Å². The second kappa shape index (κ2) is 13.6. The summed E-state index contributed by atoms with van der Waals surface area (Å²) in [5.74, 6) is 0.882. The Morgan fingerprint density at radius 2 is 1.92 bits per heavy atom. The lowest BCUT2D eigenvalue weighted by atomic mass is 9.98. The summed E-state index contributed by atoms with van der Waals surface area (Å²) in [5.41, 5.74) is -0.512. The number of amides is 1. The average molecular weight is 719 g/mol. The molecule has 2 saturated heterocycles. The number of aliphatic hydroxyl groups is 1. The number of benzene rings is 2. The maximum Gasteiger partial charge on any atom is 0.407 e. The third kappa shape index (κ3) is 7.66. The third-order valence-corrected chi connectivity index (χ3v) is 12.5. The highest BCUT2D eigenvalue weighted by Gasteiger charge is 2.56. The van der Waals surface area contributed by atoms with Crippen LogP contribution in [0.3, 0.4) is 0 Å². The van der Waals surface area contributed by atoms with Crippen molar-refractivity contribution in [3.8, 4) is 5.75 Å². The zero-order valence-electron chi connectivity index (χ0n) is 27.7. The van der Waals surface area contributed by atoms with E-state index in [1.165, 1.54) is 37.3 Å². The number of ether oxygens (including phenoxy) is 4. The molecule has 0 radical (unpaired) electrons. The number of sulfonamides is 1. The number of hydrogen-bond donors (Lipinski definition) is 3. The van der Waals surface area contributed by atoms with E-state index >= 15 is 4.39 Å². The van der Waals surface area contributed by atoms with Gasteiger partial charge in [0, 0.05) is 36.9 Å². The number of fused-ring (bicyclic) bond motifs is 2. The number of aliphatic hydroxyl groups excluding tert-OH is 1. The third-order valence-electron chi connectivity index (χ3n) is 9.76. The molecule has 2 aromatic carbocycles. The molecule has 12 nitrogen and oxygen atoms in total. The van der Waals surface area contributed by atoms with Crippen LogP contribution in [0.15, 0.2) is 47.4 Å². The summed E-state index contributed by atoms with van der Waals surface area (Å²) >= 11 is 1.36. The highest BCUT2D eigenvalue weighted by Crippen LogP contribution is 2.49. The van der Waals surface area contributed by atoms with E-state index in [2.05, 4.69) is 15.6 Å². The lowest BCUT2D eigenvalue weighted by Crippen LogP contribution is -2.53. The van der Waals surface area contributed by atoms with E-state index in [0.717, 1.165) is 34.3 Å². The Balaban J connectivity index is 1.12. The van der Waals surface area contributed by atoms with Gasteiger partial charge in [-0.15, -0.1) is 0 Å². The Labute approximate surface area is 289 Å². The Morgan fingerprint density at radius 3 is 2.63 bits per heavy atom. The molecule has 3 aromatic rings. The fourth-order valence-electron chi connectivity index (χ4n) is 7.14. The first-order valence-corrected chi connectivity index (χ1v) is 19.0. The number of alkyl halides is 1. The standard InChI is InChI=1S/C34H43FN4O8S2/c1-34(2,35)18-39(49(42,43)23-10-11-26-29(14-23)48-32(37-26)36-21-6-7-21)15-28(40)27(12-19-4-8-22(44-3)9-5-19)38-33(41)47-30-20-13-24-25(30)17-46-31(24)45-16-20/h4-5,8-11,14,20-21,24-25,27-28,30-31,40H,6-7,12-13,15-18H2,1-3H3,(H,36,37)(H,38,41). The van der Waals surface area contributed by atoms with Crippen molar-refractivity contribution < 1.29 is 41.7 Å². The highest BCUT2D eigenvalue weighted by atomic mass is 32.2. The number of anilines is 1. The lowest BCUT2D eigenvalue weighted by Gasteiger charge is -2.32. The van der Waals surface area contributed by atoms with Crippen molar-refractivity contribution in [2.45, 2.75) is 80.7 Å². The van der Waals surface area contributed by atoms with Gasteiger partial charge >= 0.3 is 6.09 Å². The minimum atomic E-state index is -4.30. The maximum absolute atomic E-state index is 15.2. The summed E-state index contributed by atoms with van der Waals surface area (Å²) in [5, 5.41) is 18.6. The van der Waals surface area contributed by atoms with Crippen molar-refractivity contribution in [2.24, 2.45) is 17.8 Å². The van der Waals surface area contributed by atoms with E-state index in [4.69, 9.17) is 18.9 Å². The number of carbonyl (C=O) groups excluding carboxylic acids is 1. The summed E-state index contributed by atoms with van der Waals surface area (Å²) in [6.07, 6.45) is 0.307. The molecule has 7 atom stereocenters. The van der Waals surface area contributed by atoms with Crippen molar-refractivity contribution in [2.75, 3.05) is 38.7 Å². The minimum Gasteiger partial charge on any atom is -0.497 e. The molecule has 0 spiro atoms. The van der Waals surface area contributed by atoms with E-state index in [1.807, 2.05) is 0 Å². The van der Waals surface area contributed by atoms with Gasteiger partial charge in [-0.3, -0.25) is 0 Å². The number of hydrogen-bond acceptors (Lipinski definition) is 11. The summed E-state index contributed by atoms with van der Waals surface area (Å²) in [6.45, 7) is 2.45. The number of halogens is 1. The number of carbonyl (C=O) groups is 1. The Morgan fingerprint density at radius 1 is 1.16 bits per heavy atom. The molecule has 2 saturated carbocycles. The van der Waals surface area contributed by atoms with Crippen LogP contribution in [0, 0.1) is 17.8 Å². The van der Waals surface area contributed by atoms with E-state index in [1.54, 1.807) is 37.4 Å². The SMILES string of the molecule is COc1ccc(CC(NC(=O)OC2C3COC4OCC2C4C3)C(O)CN(CC(C)(C)F)S(=O)(=O)c2ccc3nc(NC4CC4)sc3c2)cc1. The second-order valence-corrected chi connectivity index (χ2v) is 17.2. The van der Waals surface area contributed by atoms with Gasteiger partial charge in [0.25, 0.3) is 0 Å². The molecular weight excluding hydrogens is 676 g/mol. The van der Waals surface area contributed by atoms with Crippen LogP contribution in [0.1, 0.15) is 38.7 Å². The molecule has 3 heterocycles. The smallest absolute Gasteiger partial charge is 0.407 e. The first-order valence-electron chi connectivity index (χ1n) is 16.7. The molecule has 15 heteroatoms. The van der Waals surface area contributed by atoms with Gasteiger partial charge < -0.3 is 34.7 Å². The van der Waals surface area contributed by atoms with Crippen LogP contribution in [-0.2, 0) is 30.7 Å². The van der Waals surface area contributed by atoms with Crippen LogP contribution in [0.25, 0.3) is 10.2 Å². The number of methoxy groups -OCH3 is 1.